The molecule has 2 aromatic rings. The van der Waals surface area contributed by atoms with Crippen molar-refractivity contribution >= 4 is 17.5 Å². The second-order valence-electron chi connectivity index (χ2n) is 7.14. The number of piperidine rings is 1. The highest BCUT2D eigenvalue weighted by Gasteiger charge is 2.32. The van der Waals surface area contributed by atoms with Crippen LogP contribution in [0.4, 0.5) is 5.69 Å². The van der Waals surface area contributed by atoms with Crippen LogP contribution in [0.5, 0.6) is 0 Å². The Balaban J connectivity index is 1.32. The number of nitrogens with one attached hydrogen (secondary N) is 2. The van der Waals surface area contributed by atoms with Gasteiger partial charge in [-0.05, 0) is 43.9 Å². The van der Waals surface area contributed by atoms with E-state index in [-0.39, 0.29) is 23.8 Å². The van der Waals surface area contributed by atoms with Gasteiger partial charge in [-0.1, -0.05) is 12.1 Å². The van der Waals surface area contributed by atoms with Crippen molar-refractivity contribution in [1.82, 2.24) is 15.1 Å². The number of likely N-dealkylation sites (tertiary alicyclic amines) is 1. The Hall–Kier alpha value is -2.67. The monoisotopic (exact) mass is 368 g/mol. The predicted molar refractivity (Wildman–Crippen MR) is 101 cm³/mol. The van der Waals surface area contributed by atoms with E-state index in [2.05, 4.69) is 15.5 Å². The second-order valence-corrected chi connectivity index (χ2v) is 7.14. The van der Waals surface area contributed by atoms with Gasteiger partial charge in [0.2, 0.25) is 5.91 Å². The van der Waals surface area contributed by atoms with Crippen LogP contribution in [0.25, 0.3) is 11.3 Å². The topological polar surface area (TPSA) is 87.3 Å². The van der Waals surface area contributed by atoms with Gasteiger partial charge in [-0.2, -0.15) is 5.10 Å². The zero-order chi connectivity index (χ0) is 18.6. The lowest BCUT2D eigenvalue weighted by atomic mass is 9.95. The summed E-state index contributed by atoms with van der Waals surface area (Å²) in [6, 6.07) is 9.59. The van der Waals surface area contributed by atoms with Crippen molar-refractivity contribution < 1.29 is 14.3 Å². The van der Waals surface area contributed by atoms with Crippen molar-refractivity contribution in [3.63, 3.8) is 0 Å². The molecule has 2 aliphatic rings. The molecule has 2 N–H and O–H groups in total. The number of H-pyrrole nitrogens is 1. The number of hydrogen-bond acceptors (Lipinski definition) is 4. The first-order valence-corrected chi connectivity index (χ1v) is 9.52. The maximum absolute atomic E-state index is 12.6. The van der Waals surface area contributed by atoms with E-state index < -0.39 is 0 Å². The van der Waals surface area contributed by atoms with Crippen molar-refractivity contribution in [3.8, 4) is 11.3 Å². The Labute approximate surface area is 158 Å². The van der Waals surface area contributed by atoms with Gasteiger partial charge in [-0.3, -0.25) is 14.7 Å². The van der Waals surface area contributed by atoms with Gasteiger partial charge in [0.05, 0.1) is 5.69 Å². The summed E-state index contributed by atoms with van der Waals surface area (Å²) in [7, 11) is 0. The maximum Gasteiger partial charge on any atom is 0.251 e. The molecule has 0 bridgehead atoms. The van der Waals surface area contributed by atoms with Crippen molar-refractivity contribution in [2.75, 3.05) is 25.0 Å². The Bertz CT molecular complexity index is 791. The molecule has 142 valence electrons. The van der Waals surface area contributed by atoms with E-state index in [1.807, 2.05) is 35.2 Å². The standard InChI is InChI=1S/C20H24N4O3/c25-19(22-16-4-1-3-15(13-16)17-6-9-21-23-17)14-7-10-24(11-8-14)20(26)18-5-2-12-27-18/h1,3-4,6,9,13-14,18H,2,5,7-8,10-12H2,(H,21,23)(H,22,25)/t18-/m1/s1. The minimum Gasteiger partial charge on any atom is -0.368 e. The summed E-state index contributed by atoms with van der Waals surface area (Å²) in [6.45, 7) is 1.91. The summed E-state index contributed by atoms with van der Waals surface area (Å²) in [6.07, 6.45) is 4.56. The SMILES string of the molecule is O=C(Nc1cccc(-c2ccn[nH]2)c1)C1CCN(C(=O)[C@H]2CCCO2)CC1. The van der Waals surface area contributed by atoms with Crippen LogP contribution in [0.15, 0.2) is 36.5 Å². The molecule has 0 spiro atoms. The molecule has 7 heteroatoms. The van der Waals surface area contributed by atoms with Crippen LogP contribution in [0.2, 0.25) is 0 Å². The third kappa shape index (κ3) is 4.03. The second kappa shape index (κ2) is 7.92. The maximum atomic E-state index is 12.6. The summed E-state index contributed by atoms with van der Waals surface area (Å²) >= 11 is 0. The van der Waals surface area contributed by atoms with E-state index in [1.54, 1.807) is 6.20 Å². The molecule has 0 unspecified atom stereocenters. The fourth-order valence-electron chi connectivity index (χ4n) is 3.76. The van der Waals surface area contributed by atoms with Gasteiger partial charge < -0.3 is 15.0 Å². The molecule has 2 fully saturated rings. The molecule has 7 nitrogen and oxygen atoms in total. The zero-order valence-corrected chi connectivity index (χ0v) is 15.2. The fraction of sp³-hybridized carbons (Fsp3) is 0.450. The normalized spacial score (nSPS) is 20.6. The summed E-state index contributed by atoms with van der Waals surface area (Å²) < 4.78 is 5.49. The molecule has 27 heavy (non-hydrogen) atoms. The molecular weight excluding hydrogens is 344 g/mol. The van der Waals surface area contributed by atoms with Crippen molar-refractivity contribution in [1.29, 1.82) is 0 Å². The zero-order valence-electron chi connectivity index (χ0n) is 15.2. The number of ether oxygens (including phenoxy) is 1. The first-order valence-electron chi connectivity index (χ1n) is 9.52. The van der Waals surface area contributed by atoms with Gasteiger partial charge in [0.25, 0.3) is 5.91 Å². The average Bonchev–Trinajstić information content (AvgIpc) is 3.42. The lowest BCUT2D eigenvalue weighted by Crippen LogP contribution is -2.45. The van der Waals surface area contributed by atoms with Crippen molar-refractivity contribution in [2.45, 2.75) is 31.8 Å². The third-order valence-electron chi connectivity index (χ3n) is 5.32. The minimum atomic E-state index is -0.277. The summed E-state index contributed by atoms with van der Waals surface area (Å²) in [5.74, 6) is 0.0222. The van der Waals surface area contributed by atoms with E-state index in [9.17, 15) is 9.59 Å². The van der Waals surface area contributed by atoms with Crippen LogP contribution in [0.3, 0.4) is 0 Å². The van der Waals surface area contributed by atoms with Gasteiger partial charge in [-0.25, -0.2) is 0 Å². The number of nitrogens with zero attached hydrogens (tertiary/aromatic N) is 2. The molecule has 0 saturated carbocycles. The molecule has 4 rings (SSSR count). The van der Waals surface area contributed by atoms with E-state index in [0.29, 0.717) is 32.5 Å². The van der Waals surface area contributed by atoms with Crippen molar-refractivity contribution in [2.24, 2.45) is 5.92 Å². The van der Waals surface area contributed by atoms with Crippen LogP contribution in [-0.4, -0.2) is 52.7 Å². The molecule has 0 radical (unpaired) electrons. The highest BCUT2D eigenvalue weighted by atomic mass is 16.5. The largest absolute Gasteiger partial charge is 0.368 e. The smallest absolute Gasteiger partial charge is 0.251 e. The Morgan fingerprint density at radius 1 is 1.19 bits per heavy atom. The predicted octanol–water partition coefficient (Wildman–Crippen LogP) is 2.43. The number of aromatic amines is 1. The summed E-state index contributed by atoms with van der Waals surface area (Å²) in [4.78, 5) is 26.9. The van der Waals surface area contributed by atoms with Gasteiger partial charge in [0.15, 0.2) is 0 Å². The summed E-state index contributed by atoms with van der Waals surface area (Å²) in [5, 5.41) is 9.90. The highest BCUT2D eigenvalue weighted by Crippen LogP contribution is 2.24. The number of rotatable bonds is 4. The molecule has 2 aliphatic heterocycles. The van der Waals surface area contributed by atoms with Crippen molar-refractivity contribution in [3.05, 3.63) is 36.5 Å². The molecular formula is C20H24N4O3. The van der Waals surface area contributed by atoms with Crippen LogP contribution in [-0.2, 0) is 14.3 Å². The molecule has 2 amide bonds. The third-order valence-corrected chi connectivity index (χ3v) is 5.32. The number of anilines is 1. The Kier molecular flexibility index (Phi) is 5.20. The molecule has 1 aromatic carbocycles. The van der Waals surface area contributed by atoms with Gasteiger partial charge >= 0.3 is 0 Å². The van der Waals surface area contributed by atoms with Gasteiger partial charge in [0.1, 0.15) is 6.10 Å². The van der Waals surface area contributed by atoms with E-state index in [0.717, 1.165) is 29.8 Å². The molecule has 1 atom stereocenters. The van der Waals surface area contributed by atoms with E-state index in [4.69, 9.17) is 4.74 Å². The lowest BCUT2D eigenvalue weighted by Gasteiger charge is -2.32. The Morgan fingerprint density at radius 2 is 2.04 bits per heavy atom. The minimum absolute atomic E-state index is 0.0148. The average molecular weight is 368 g/mol. The number of aromatic nitrogens is 2. The quantitative estimate of drug-likeness (QED) is 0.868. The molecule has 2 saturated heterocycles. The summed E-state index contributed by atoms with van der Waals surface area (Å²) in [5.41, 5.74) is 2.65. The van der Waals surface area contributed by atoms with Crippen LogP contribution in [0, 0.1) is 5.92 Å². The number of carbonyl (C=O) groups excluding carboxylic acids is 2. The molecule has 1 aromatic heterocycles. The van der Waals surface area contributed by atoms with Crippen LogP contribution in [0.1, 0.15) is 25.7 Å². The highest BCUT2D eigenvalue weighted by molar-refractivity contribution is 5.93. The van der Waals surface area contributed by atoms with Gasteiger partial charge in [0, 0.05) is 43.1 Å². The number of benzene rings is 1. The molecule has 0 aliphatic carbocycles. The first kappa shape index (κ1) is 17.7. The number of hydrogen-bond donors (Lipinski definition) is 2. The van der Waals surface area contributed by atoms with Gasteiger partial charge in [-0.15, -0.1) is 0 Å². The number of carbonyl (C=O) groups is 2. The first-order chi connectivity index (χ1) is 13.2. The van der Waals surface area contributed by atoms with Crippen LogP contribution >= 0.6 is 0 Å². The fourth-order valence-corrected chi connectivity index (χ4v) is 3.76. The Morgan fingerprint density at radius 3 is 2.74 bits per heavy atom. The van der Waals surface area contributed by atoms with E-state index >= 15 is 0 Å². The number of amides is 2. The van der Waals surface area contributed by atoms with Crippen LogP contribution < -0.4 is 5.32 Å². The molecule has 3 heterocycles. The lowest BCUT2D eigenvalue weighted by molar-refractivity contribution is -0.143. The van der Waals surface area contributed by atoms with E-state index in [1.165, 1.54) is 0 Å².